The monoisotopic (exact) mass is 205 g/mol. The van der Waals surface area contributed by atoms with Gasteiger partial charge in [0.15, 0.2) is 0 Å². The summed E-state index contributed by atoms with van der Waals surface area (Å²) in [5.41, 5.74) is 1.22. The van der Waals surface area contributed by atoms with Crippen LogP contribution in [-0.4, -0.2) is 5.87 Å². The van der Waals surface area contributed by atoms with Crippen molar-refractivity contribution in [3.05, 3.63) is 45.9 Å². The SMILES string of the molecule is N#CC(=C=[N-])C1=CCC(=C(C#N)C#N)C=C1. The second-order valence-electron chi connectivity index (χ2n) is 2.92. The Kier molecular flexibility index (Phi) is 3.59. The summed E-state index contributed by atoms with van der Waals surface area (Å²) in [4.78, 5) is 0. The lowest BCUT2D eigenvalue weighted by Gasteiger charge is -2.07. The average molecular weight is 205 g/mol. The maximum atomic E-state index is 8.65. The first-order valence-electron chi connectivity index (χ1n) is 4.36. The van der Waals surface area contributed by atoms with E-state index in [0.29, 0.717) is 17.6 Å². The highest BCUT2D eigenvalue weighted by Gasteiger charge is 2.08. The number of nitriles is 3. The molecule has 0 atom stereocenters. The zero-order chi connectivity index (χ0) is 12.0. The van der Waals surface area contributed by atoms with Gasteiger partial charge in [0.2, 0.25) is 0 Å². The van der Waals surface area contributed by atoms with Crippen LogP contribution in [0.3, 0.4) is 0 Å². The highest BCUT2D eigenvalue weighted by molar-refractivity contribution is 5.75. The molecule has 0 fully saturated rings. The molecular formula is C12H5N4-. The van der Waals surface area contributed by atoms with Gasteiger partial charge in [-0.2, -0.15) is 15.8 Å². The molecule has 0 aliphatic heterocycles. The third kappa shape index (κ3) is 2.14. The van der Waals surface area contributed by atoms with Gasteiger partial charge in [-0.25, -0.2) is 5.87 Å². The van der Waals surface area contributed by atoms with Crippen molar-refractivity contribution >= 4 is 5.87 Å². The van der Waals surface area contributed by atoms with Crippen molar-refractivity contribution in [3.63, 3.8) is 0 Å². The minimum atomic E-state index is 0.0331. The molecule has 0 radical (unpaired) electrons. The summed E-state index contributed by atoms with van der Waals surface area (Å²) in [6.07, 6.45) is 5.20. The molecule has 0 amide bonds. The van der Waals surface area contributed by atoms with Crippen LogP contribution < -0.4 is 0 Å². The Balaban J connectivity index is 3.06. The lowest BCUT2D eigenvalue weighted by atomic mass is 9.95. The van der Waals surface area contributed by atoms with Gasteiger partial charge in [0.1, 0.15) is 23.8 Å². The number of hydrogen-bond donors (Lipinski definition) is 0. The van der Waals surface area contributed by atoms with Crippen LogP contribution in [-0.2, 0) is 0 Å². The molecule has 1 aliphatic rings. The maximum Gasteiger partial charge on any atom is 0.133 e. The predicted molar refractivity (Wildman–Crippen MR) is 57.6 cm³/mol. The van der Waals surface area contributed by atoms with Crippen molar-refractivity contribution in [2.24, 2.45) is 0 Å². The third-order valence-electron chi connectivity index (χ3n) is 2.06. The van der Waals surface area contributed by atoms with Gasteiger partial charge in [-0.05, 0) is 17.6 Å². The first kappa shape index (κ1) is 11.2. The van der Waals surface area contributed by atoms with Gasteiger partial charge < -0.3 is 5.41 Å². The van der Waals surface area contributed by atoms with E-state index < -0.39 is 0 Å². The molecular weight excluding hydrogens is 200 g/mol. The Morgan fingerprint density at radius 2 is 1.81 bits per heavy atom. The summed E-state index contributed by atoms with van der Waals surface area (Å²) in [5, 5.41) is 34.6. The first-order chi connectivity index (χ1) is 7.76. The summed E-state index contributed by atoms with van der Waals surface area (Å²) < 4.78 is 0. The highest BCUT2D eigenvalue weighted by Crippen LogP contribution is 2.21. The lowest BCUT2D eigenvalue weighted by molar-refractivity contribution is 1.21. The number of allylic oxidation sites excluding steroid dienone is 7. The van der Waals surface area contributed by atoms with Crippen molar-refractivity contribution in [1.29, 1.82) is 15.8 Å². The van der Waals surface area contributed by atoms with Crippen LogP contribution in [0, 0.1) is 34.0 Å². The van der Waals surface area contributed by atoms with Crippen LogP contribution in [0.2, 0.25) is 0 Å². The zero-order valence-electron chi connectivity index (χ0n) is 8.23. The van der Waals surface area contributed by atoms with E-state index in [4.69, 9.17) is 21.2 Å². The zero-order valence-corrected chi connectivity index (χ0v) is 8.23. The number of rotatable bonds is 1. The average Bonchev–Trinajstić information content (AvgIpc) is 2.34. The second kappa shape index (κ2) is 5.13. The van der Waals surface area contributed by atoms with E-state index in [1.807, 2.05) is 0 Å². The van der Waals surface area contributed by atoms with Crippen molar-refractivity contribution in [3.8, 4) is 18.2 Å². The Hall–Kier alpha value is -2.86. The molecule has 4 nitrogen and oxygen atoms in total. The largest absolute Gasteiger partial charge is 0.762 e. The van der Waals surface area contributed by atoms with Gasteiger partial charge in [0, 0.05) is 0 Å². The Morgan fingerprint density at radius 1 is 1.12 bits per heavy atom. The summed E-state index contributed by atoms with van der Waals surface area (Å²) in [7, 11) is 0. The van der Waals surface area contributed by atoms with Gasteiger partial charge in [-0.15, -0.1) is 0 Å². The highest BCUT2D eigenvalue weighted by atomic mass is 14.3. The van der Waals surface area contributed by atoms with Crippen LogP contribution in [0.25, 0.3) is 5.41 Å². The maximum absolute atomic E-state index is 8.65. The van der Waals surface area contributed by atoms with E-state index in [1.165, 1.54) is 0 Å². The fraction of sp³-hybridized carbons (Fsp3) is 0.0833. The van der Waals surface area contributed by atoms with E-state index in [2.05, 4.69) is 0 Å². The van der Waals surface area contributed by atoms with E-state index in [9.17, 15) is 0 Å². The fourth-order valence-electron chi connectivity index (χ4n) is 1.24. The van der Waals surface area contributed by atoms with Gasteiger partial charge in [-0.3, -0.25) is 0 Å². The van der Waals surface area contributed by atoms with Crippen LogP contribution >= 0.6 is 0 Å². The summed E-state index contributed by atoms with van der Waals surface area (Å²) in [6, 6.07) is 5.37. The molecule has 0 N–H and O–H groups in total. The minimum Gasteiger partial charge on any atom is -0.762 e. The molecule has 0 aromatic heterocycles. The summed E-state index contributed by atoms with van der Waals surface area (Å²) in [6.45, 7) is 0. The molecule has 0 aromatic rings. The fourth-order valence-corrected chi connectivity index (χ4v) is 1.24. The Bertz CT molecular complexity index is 560. The smallest absolute Gasteiger partial charge is 0.133 e. The molecule has 16 heavy (non-hydrogen) atoms. The summed E-state index contributed by atoms with van der Waals surface area (Å²) in [5.74, 6) is 1.78. The Morgan fingerprint density at radius 3 is 2.19 bits per heavy atom. The van der Waals surface area contributed by atoms with Crippen LogP contribution in [0.4, 0.5) is 0 Å². The predicted octanol–water partition coefficient (Wildman–Crippen LogP) is 1.91. The van der Waals surface area contributed by atoms with Crippen LogP contribution in [0.15, 0.2) is 40.5 Å². The number of nitrogens with zero attached hydrogens (tertiary/aromatic N) is 4. The molecule has 1 rings (SSSR count). The third-order valence-corrected chi connectivity index (χ3v) is 2.06. The normalized spacial score (nSPS) is 12.6. The first-order valence-corrected chi connectivity index (χ1v) is 4.36. The molecule has 0 saturated carbocycles. The van der Waals surface area contributed by atoms with E-state index in [0.717, 1.165) is 0 Å². The quantitative estimate of drug-likeness (QED) is 0.483. The molecule has 74 valence electrons. The molecule has 0 heterocycles. The van der Waals surface area contributed by atoms with Gasteiger partial charge in [0.25, 0.3) is 0 Å². The van der Waals surface area contributed by atoms with Crippen LogP contribution in [0.1, 0.15) is 6.42 Å². The van der Waals surface area contributed by atoms with Gasteiger partial charge in [0.05, 0.1) is 5.57 Å². The summed E-state index contributed by atoms with van der Waals surface area (Å²) >= 11 is 0. The standard InChI is InChI=1S/C12H5N4/c13-5-11(6-14)9-1-2-10(4-3-9)12(7-15)8-16/h1-3H,4H2/q-1. The van der Waals surface area contributed by atoms with Crippen LogP contribution in [0.5, 0.6) is 0 Å². The molecule has 0 aromatic carbocycles. The molecule has 0 bridgehead atoms. The molecule has 4 heteroatoms. The van der Waals surface area contributed by atoms with E-state index >= 15 is 0 Å². The van der Waals surface area contributed by atoms with Gasteiger partial charge in [-0.1, -0.05) is 18.2 Å². The van der Waals surface area contributed by atoms with Crippen molar-refractivity contribution in [1.82, 2.24) is 0 Å². The van der Waals surface area contributed by atoms with Crippen molar-refractivity contribution in [2.45, 2.75) is 6.42 Å². The topological polar surface area (TPSA) is 93.7 Å². The molecule has 0 spiro atoms. The molecule has 1 aliphatic carbocycles. The molecule has 0 saturated heterocycles. The molecule has 0 unspecified atom stereocenters. The Labute approximate surface area is 92.9 Å². The lowest BCUT2D eigenvalue weighted by Crippen LogP contribution is -1.93. The number of hydrogen-bond acceptors (Lipinski definition) is 3. The second-order valence-corrected chi connectivity index (χ2v) is 2.92. The van der Waals surface area contributed by atoms with Crippen molar-refractivity contribution in [2.75, 3.05) is 0 Å². The van der Waals surface area contributed by atoms with E-state index in [1.54, 1.807) is 42.3 Å². The van der Waals surface area contributed by atoms with E-state index in [-0.39, 0.29) is 11.1 Å². The van der Waals surface area contributed by atoms with Gasteiger partial charge >= 0.3 is 0 Å². The van der Waals surface area contributed by atoms with Crippen molar-refractivity contribution < 1.29 is 0 Å². The minimum absolute atomic E-state index is 0.0331.